The minimum Gasteiger partial charge on any atom is -0.335 e. The molecule has 4 heteroatoms. The Bertz CT molecular complexity index is 287. The molecule has 0 radical (unpaired) electrons. The highest BCUT2D eigenvalue weighted by Gasteiger charge is 2.29. The summed E-state index contributed by atoms with van der Waals surface area (Å²) in [6.45, 7) is 7.25. The fourth-order valence-corrected chi connectivity index (χ4v) is 3.25. The van der Waals surface area contributed by atoms with E-state index in [0.717, 1.165) is 38.9 Å². The molecule has 110 valence electrons. The fourth-order valence-electron chi connectivity index (χ4n) is 3.25. The molecule has 1 heterocycles. The van der Waals surface area contributed by atoms with Crippen LogP contribution in [0.15, 0.2) is 0 Å². The maximum absolute atomic E-state index is 12.5. The molecule has 1 unspecified atom stereocenters. The zero-order chi connectivity index (χ0) is 13.7. The van der Waals surface area contributed by atoms with Gasteiger partial charge in [-0.25, -0.2) is 4.79 Å². The average molecular weight is 267 g/mol. The summed E-state index contributed by atoms with van der Waals surface area (Å²) in [5, 5.41) is 6.71. The van der Waals surface area contributed by atoms with E-state index in [-0.39, 0.29) is 6.03 Å². The SMILES string of the molecule is CC(C)C1CNCCCN1C(=O)NC1CCCCC1. The van der Waals surface area contributed by atoms with Gasteiger partial charge in [0, 0.05) is 25.2 Å². The molecule has 2 fully saturated rings. The lowest BCUT2D eigenvalue weighted by Gasteiger charge is -2.34. The van der Waals surface area contributed by atoms with Gasteiger partial charge >= 0.3 is 6.03 Å². The first-order valence-electron chi connectivity index (χ1n) is 7.96. The van der Waals surface area contributed by atoms with Crippen LogP contribution in [0.25, 0.3) is 0 Å². The Balaban J connectivity index is 1.93. The molecule has 2 N–H and O–H groups in total. The van der Waals surface area contributed by atoms with E-state index in [1.54, 1.807) is 0 Å². The predicted octanol–water partition coefficient (Wildman–Crippen LogP) is 2.35. The van der Waals surface area contributed by atoms with Crippen LogP contribution in [0.4, 0.5) is 4.79 Å². The van der Waals surface area contributed by atoms with E-state index in [1.807, 2.05) is 0 Å². The molecule has 4 nitrogen and oxygen atoms in total. The molecule has 2 aliphatic rings. The molecular formula is C15H29N3O. The second-order valence-electron chi connectivity index (χ2n) is 6.35. The summed E-state index contributed by atoms with van der Waals surface area (Å²) >= 11 is 0. The highest BCUT2D eigenvalue weighted by Crippen LogP contribution is 2.19. The Morgan fingerprint density at radius 2 is 1.95 bits per heavy atom. The lowest BCUT2D eigenvalue weighted by Crippen LogP contribution is -2.53. The first kappa shape index (κ1) is 14.6. The number of hydrogen-bond donors (Lipinski definition) is 2. The number of amides is 2. The molecule has 2 amide bonds. The fraction of sp³-hybridized carbons (Fsp3) is 0.933. The van der Waals surface area contributed by atoms with Crippen molar-refractivity contribution in [3.63, 3.8) is 0 Å². The van der Waals surface area contributed by atoms with Gasteiger partial charge in [0.1, 0.15) is 0 Å². The zero-order valence-corrected chi connectivity index (χ0v) is 12.5. The van der Waals surface area contributed by atoms with Crippen molar-refractivity contribution >= 4 is 6.03 Å². The highest BCUT2D eigenvalue weighted by molar-refractivity contribution is 5.75. The number of hydrogen-bond acceptors (Lipinski definition) is 2. The van der Waals surface area contributed by atoms with Crippen molar-refractivity contribution in [3.8, 4) is 0 Å². The van der Waals surface area contributed by atoms with Crippen LogP contribution in [0.1, 0.15) is 52.4 Å². The number of carbonyl (C=O) groups is 1. The molecule has 1 saturated carbocycles. The van der Waals surface area contributed by atoms with Crippen LogP contribution in [-0.4, -0.2) is 42.6 Å². The van der Waals surface area contributed by atoms with Crippen LogP contribution in [0, 0.1) is 5.92 Å². The summed E-state index contributed by atoms with van der Waals surface area (Å²) in [6.07, 6.45) is 7.23. The van der Waals surface area contributed by atoms with Crippen LogP contribution in [0.5, 0.6) is 0 Å². The maximum atomic E-state index is 12.5. The van der Waals surface area contributed by atoms with E-state index >= 15 is 0 Å². The standard InChI is InChI=1S/C15H29N3O/c1-12(2)14-11-16-9-6-10-18(14)15(19)17-13-7-4-3-5-8-13/h12-14,16H,3-11H2,1-2H3,(H,17,19). The Morgan fingerprint density at radius 1 is 1.21 bits per heavy atom. The minimum atomic E-state index is 0.161. The highest BCUT2D eigenvalue weighted by atomic mass is 16.2. The first-order chi connectivity index (χ1) is 9.18. The summed E-state index contributed by atoms with van der Waals surface area (Å²) in [5.74, 6) is 0.503. The molecule has 0 aromatic rings. The van der Waals surface area contributed by atoms with E-state index in [9.17, 15) is 4.79 Å². The van der Waals surface area contributed by atoms with Crippen molar-refractivity contribution in [3.05, 3.63) is 0 Å². The molecule has 1 aliphatic carbocycles. The van der Waals surface area contributed by atoms with Gasteiger partial charge < -0.3 is 15.5 Å². The van der Waals surface area contributed by atoms with Gasteiger partial charge in [-0.1, -0.05) is 33.1 Å². The van der Waals surface area contributed by atoms with Gasteiger partial charge in [0.15, 0.2) is 0 Å². The number of carbonyl (C=O) groups excluding carboxylic acids is 1. The number of nitrogens with one attached hydrogen (secondary N) is 2. The molecule has 19 heavy (non-hydrogen) atoms. The van der Waals surface area contributed by atoms with Crippen molar-refractivity contribution in [2.24, 2.45) is 5.92 Å². The van der Waals surface area contributed by atoms with Crippen LogP contribution >= 0.6 is 0 Å². The number of nitrogens with zero attached hydrogens (tertiary/aromatic N) is 1. The lowest BCUT2D eigenvalue weighted by molar-refractivity contribution is 0.155. The largest absolute Gasteiger partial charge is 0.335 e. The second kappa shape index (κ2) is 7.13. The summed E-state index contributed by atoms with van der Waals surface area (Å²) < 4.78 is 0. The third-order valence-corrected chi connectivity index (χ3v) is 4.47. The van der Waals surface area contributed by atoms with E-state index < -0.39 is 0 Å². The second-order valence-corrected chi connectivity index (χ2v) is 6.35. The van der Waals surface area contributed by atoms with Crippen molar-refractivity contribution in [1.82, 2.24) is 15.5 Å². The summed E-state index contributed by atoms with van der Waals surface area (Å²) in [4.78, 5) is 14.6. The van der Waals surface area contributed by atoms with Crippen LogP contribution in [-0.2, 0) is 0 Å². The summed E-state index contributed by atoms with van der Waals surface area (Å²) in [5.41, 5.74) is 0. The molecule has 0 bridgehead atoms. The maximum Gasteiger partial charge on any atom is 0.317 e. The normalized spacial score (nSPS) is 26.3. The Hall–Kier alpha value is -0.770. The summed E-state index contributed by atoms with van der Waals surface area (Å²) in [6, 6.07) is 0.894. The third kappa shape index (κ3) is 4.10. The van der Waals surface area contributed by atoms with Crippen molar-refractivity contribution in [2.45, 2.75) is 64.5 Å². The minimum absolute atomic E-state index is 0.161. The molecule has 0 aromatic carbocycles. The number of rotatable bonds is 2. The van der Waals surface area contributed by atoms with Crippen LogP contribution in [0.2, 0.25) is 0 Å². The predicted molar refractivity (Wildman–Crippen MR) is 78.2 cm³/mol. The molecule has 1 saturated heterocycles. The van der Waals surface area contributed by atoms with Crippen LogP contribution < -0.4 is 10.6 Å². The van der Waals surface area contributed by atoms with Gasteiger partial charge in [-0.05, 0) is 31.7 Å². The summed E-state index contributed by atoms with van der Waals surface area (Å²) in [7, 11) is 0. The van der Waals surface area contributed by atoms with Gasteiger partial charge in [0.2, 0.25) is 0 Å². The van der Waals surface area contributed by atoms with E-state index in [2.05, 4.69) is 29.4 Å². The smallest absolute Gasteiger partial charge is 0.317 e. The topological polar surface area (TPSA) is 44.4 Å². The van der Waals surface area contributed by atoms with Gasteiger partial charge in [-0.3, -0.25) is 0 Å². The van der Waals surface area contributed by atoms with Crippen LogP contribution in [0.3, 0.4) is 0 Å². The molecular weight excluding hydrogens is 238 g/mol. The molecule has 1 aliphatic heterocycles. The van der Waals surface area contributed by atoms with E-state index in [4.69, 9.17) is 0 Å². The Kier molecular flexibility index (Phi) is 5.49. The van der Waals surface area contributed by atoms with Gasteiger partial charge in [-0.15, -0.1) is 0 Å². The van der Waals surface area contributed by atoms with Crippen molar-refractivity contribution in [1.29, 1.82) is 0 Å². The average Bonchev–Trinajstić information content (AvgIpc) is 2.65. The Labute approximate surface area is 117 Å². The van der Waals surface area contributed by atoms with Crippen molar-refractivity contribution in [2.75, 3.05) is 19.6 Å². The quantitative estimate of drug-likeness (QED) is 0.806. The molecule has 0 spiro atoms. The van der Waals surface area contributed by atoms with E-state index in [1.165, 1.54) is 19.3 Å². The van der Waals surface area contributed by atoms with Gasteiger partial charge in [-0.2, -0.15) is 0 Å². The lowest BCUT2D eigenvalue weighted by atomic mass is 9.95. The third-order valence-electron chi connectivity index (χ3n) is 4.47. The Morgan fingerprint density at radius 3 is 2.63 bits per heavy atom. The first-order valence-corrected chi connectivity index (χ1v) is 7.96. The molecule has 2 rings (SSSR count). The van der Waals surface area contributed by atoms with Gasteiger partial charge in [0.25, 0.3) is 0 Å². The van der Waals surface area contributed by atoms with Crippen molar-refractivity contribution < 1.29 is 4.79 Å². The zero-order valence-electron chi connectivity index (χ0n) is 12.5. The number of urea groups is 1. The van der Waals surface area contributed by atoms with Gasteiger partial charge in [0.05, 0.1) is 0 Å². The molecule has 0 aromatic heterocycles. The van der Waals surface area contributed by atoms with E-state index in [0.29, 0.717) is 18.0 Å². The monoisotopic (exact) mass is 267 g/mol. The molecule has 1 atom stereocenters.